The number of amides is 3. The molecule has 2 aromatic rings. The molecule has 2 atom stereocenters. The number of hydrogen-bond donors (Lipinski definition) is 5. The molecule has 0 saturated carbocycles. The van der Waals surface area contributed by atoms with Gasteiger partial charge in [0.05, 0.1) is 12.6 Å². The van der Waals surface area contributed by atoms with Crippen LogP contribution in [0.25, 0.3) is 11.1 Å². The van der Waals surface area contributed by atoms with Gasteiger partial charge in [-0.3, -0.25) is 19.2 Å². The van der Waals surface area contributed by atoms with Crippen LogP contribution in [0.4, 0.5) is 0 Å². The number of aliphatic hydroxyl groups excluding tert-OH is 1. The molecule has 1 aliphatic heterocycles. The molecule has 1 heterocycles. The SMILES string of the molecule is O=C(CNC(=O)C1(O)c2ccccc2-c2ccccc21)NC(CC1CCNC1=O)C(=O)CO. The Labute approximate surface area is 190 Å². The first-order chi connectivity index (χ1) is 15.9. The van der Waals surface area contributed by atoms with Gasteiger partial charge in [0.25, 0.3) is 5.91 Å². The highest BCUT2D eigenvalue weighted by molar-refractivity contribution is 6.00. The molecule has 5 N–H and O–H groups in total. The summed E-state index contributed by atoms with van der Waals surface area (Å²) in [4.78, 5) is 49.5. The predicted octanol–water partition coefficient (Wildman–Crippen LogP) is -0.408. The maximum absolute atomic E-state index is 13.1. The van der Waals surface area contributed by atoms with Crippen molar-refractivity contribution >= 4 is 23.5 Å². The van der Waals surface area contributed by atoms with Crippen LogP contribution in [0.3, 0.4) is 0 Å². The van der Waals surface area contributed by atoms with Crippen LogP contribution in [0.1, 0.15) is 24.0 Å². The third-order valence-corrected chi connectivity index (χ3v) is 6.22. The molecule has 4 rings (SSSR count). The number of fused-ring (bicyclic) bond motifs is 3. The maximum atomic E-state index is 13.1. The number of ketones is 1. The van der Waals surface area contributed by atoms with Crippen molar-refractivity contribution in [2.45, 2.75) is 24.5 Å². The van der Waals surface area contributed by atoms with Crippen molar-refractivity contribution in [3.05, 3.63) is 59.7 Å². The highest BCUT2D eigenvalue weighted by atomic mass is 16.3. The molecule has 0 aromatic heterocycles. The standard InChI is InChI=1S/C24H25N3O6/c28-13-20(29)19(11-14-9-10-25-22(14)31)27-21(30)12-26-23(32)24(33)17-7-3-1-5-15(17)16-6-2-4-8-18(16)24/h1-8,14,19,28,33H,9-13H2,(H,25,31)(H,26,32)(H,27,30). The van der Waals surface area contributed by atoms with Crippen LogP contribution in [0.2, 0.25) is 0 Å². The minimum Gasteiger partial charge on any atom is -0.389 e. The Kier molecular flexibility index (Phi) is 6.26. The third kappa shape index (κ3) is 4.12. The molecule has 9 heteroatoms. The number of nitrogens with one attached hydrogen (secondary N) is 3. The summed E-state index contributed by atoms with van der Waals surface area (Å²) in [5.41, 5.74) is 0.349. The zero-order valence-corrected chi connectivity index (χ0v) is 17.8. The molecule has 9 nitrogen and oxygen atoms in total. The van der Waals surface area contributed by atoms with Gasteiger partial charge in [-0.1, -0.05) is 48.5 Å². The van der Waals surface area contributed by atoms with E-state index in [0.29, 0.717) is 24.1 Å². The molecule has 0 radical (unpaired) electrons. The summed E-state index contributed by atoms with van der Waals surface area (Å²) in [5.74, 6) is -2.69. The monoisotopic (exact) mass is 451 g/mol. The fourth-order valence-electron chi connectivity index (χ4n) is 4.53. The number of rotatable bonds is 8. The number of Topliss-reactive ketones (excluding diaryl/α,β-unsaturated/α-hetero) is 1. The average molecular weight is 451 g/mol. The van der Waals surface area contributed by atoms with Crippen LogP contribution in [0, 0.1) is 5.92 Å². The fourth-order valence-corrected chi connectivity index (χ4v) is 4.53. The van der Waals surface area contributed by atoms with Crippen molar-refractivity contribution in [1.82, 2.24) is 16.0 Å². The molecule has 1 aliphatic carbocycles. The van der Waals surface area contributed by atoms with Crippen molar-refractivity contribution in [2.75, 3.05) is 19.7 Å². The Morgan fingerprint density at radius 1 is 1.06 bits per heavy atom. The smallest absolute Gasteiger partial charge is 0.261 e. The lowest BCUT2D eigenvalue weighted by Gasteiger charge is -2.25. The molecule has 0 spiro atoms. The second-order valence-electron chi connectivity index (χ2n) is 8.24. The summed E-state index contributed by atoms with van der Waals surface area (Å²) >= 11 is 0. The van der Waals surface area contributed by atoms with Gasteiger partial charge >= 0.3 is 0 Å². The summed E-state index contributed by atoms with van der Waals surface area (Å²) in [6.07, 6.45) is 0.599. The maximum Gasteiger partial charge on any atom is 0.261 e. The second-order valence-corrected chi connectivity index (χ2v) is 8.24. The zero-order valence-electron chi connectivity index (χ0n) is 17.8. The lowest BCUT2D eigenvalue weighted by molar-refractivity contribution is -0.138. The van der Waals surface area contributed by atoms with Crippen LogP contribution >= 0.6 is 0 Å². The Bertz CT molecular complexity index is 1070. The minimum absolute atomic E-state index is 0.0651. The van der Waals surface area contributed by atoms with E-state index in [1.165, 1.54) is 0 Å². The van der Waals surface area contributed by atoms with Gasteiger partial charge in [0, 0.05) is 23.6 Å². The van der Waals surface area contributed by atoms with Gasteiger partial charge in [-0.05, 0) is 24.0 Å². The molecule has 0 bridgehead atoms. The van der Waals surface area contributed by atoms with Gasteiger partial charge in [0.2, 0.25) is 11.8 Å². The minimum atomic E-state index is -1.96. The van der Waals surface area contributed by atoms with E-state index < -0.39 is 48.3 Å². The molecule has 3 amide bonds. The van der Waals surface area contributed by atoms with Crippen molar-refractivity contribution in [3.8, 4) is 11.1 Å². The second kappa shape index (κ2) is 9.13. The van der Waals surface area contributed by atoms with Gasteiger partial charge in [-0.15, -0.1) is 0 Å². The van der Waals surface area contributed by atoms with Gasteiger partial charge in [0.15, 0.2) is 11.4 Å². The van der Waals surface area contributed by atoms with Crippen LogP contribution in [-0.2, 0) is 24.8 Å². The molecule has 1 fully saturated rings. The van der Waals surface area contributed by atoms with Crippen molar-refractivity contribution in [1.29, 1.82) is 0 Å². The van der Waals surface area contributed by atoms with E-state index in [-0.39, 0.29) is 12.3 Å². The molecule has 172 valence electrons. The van der Waals surface area contributed by atoms with Crippen molar-refractivity contribution in [2.24, 2.45) is 5.92 Å². The normalized spacial score (nSPS) is 18.6. The van der Waals surface area contributed by atoms with Crippen molar-refractivity contribution in [3.63, 3.8) is 0 Å². The van der Waals surface area contributed by atoms with E-state index in [1.54, 1.807) is 24.3 Å². The Balaban J connectivity index is 1.45. The van der Waals surface area contributed by atoms with Crippen LogP contribution in [0.5, 0.6) is 0 Å². The average Bonchev–Trinajstić information content (AvgIpc) is 3.36. The van der Waals surface area contributed by atoms with Crippen molar-refractivity contribution < 1.29 is 29.4 Å². The topological polar surface area (TPSA) is 145 Å². The fraction of sp³-hybridized carbons (Fsp3) is 0.333. The van der Waals surface area contributed by atoms with Gasteiger partial charge in [-0.2, -0.15) is 0 Å². The number of carbonyl (C=O) groups excluding carboxylic acids is 4. The first-order valence-electron chi connectivity index (χ1n) is 10.8. The first-order valence-corrected chi connectivity index (χ1v) is 10.8. The van der Waals surface area contributed by atoms with E-state index >= 15 is 0 Å². The molecule has 33 heavy (non-hydrogen) atoms. The molecule has 2 aliphatic rings. The highest BCUT2D eigenvalue weighted by Gasteiger charge is 2.47. The van der Waals surface area contributed by atoms with E-state index in [9.17, 15) is 29.4 Å². The molecule has 2 unspecified atom stereocenters. The molecule has 1 saturated heterocycles. The largest absolute Gasteiger partial charge is 0.389 e. The highest BCUT2D eigenvalue weighted by Crippen LogP contribution is 2.47. The van der Waals surface area contributed by atoms with E-state index in [1.807, 2.05) is 24.3 Å². The Hall–Kier alpha value is -3.56. The molecular formula is C24H25N3O6. The van der Waals surface area contributed by atoms with Gasteiger partial charge in [0.1, 0.15) is 6.61 Å². The molecule has 2 aromatic carbocycles. The lowest BCUT2D eigenvalue weighted by Crippen LogP contribution is -2.50. The number of carbonyl (C=O) groups is 4. The summed E-state index contributed by atoms with van der Waals surface area (Å²) < 4.78 is 0. The van der Waals surface area contributed by atoms with Crippen LogP contribution in [-0.4, -0.2) is 59.5 Å². The first kappa shape index (κ1) is 22.6. The van der Waals surface area contributed by atoms with Gasteiger partial charge in [-0.25, -0.2) is 0 Å². The quantitative estimate of drug-likeness (QED) is 0.369. The Morgan fingerprint density at radius 2 is 1.67 bits per heavy atom. The van der Waals surface area contributed by atoms with E-state index in [2.05, 4.69) is 16.0 Å². The Morgan fingerprint density at radius 3 is 2.21 bits per heavy atom. The van der Waals surface area contributed by atoms with E-state index in [4.69, 9.17) is 0 Å². The van der Waals surface area contributed by atoms with Crippen LogP contribution in [0.15, 0.2) is 48.5 Å². The number of aliphatic hydroxyl groups is 2. The summed E-state index contributed by atoms with van der Waals surface area (Å²) in [7, 11) is 0. The molecular weight excluding hydrogens is 426 g/mol. The zero-order chi connectivity index (χ0) is 23.6. The van der Waals surface area contributed by atoms with Gasteiger partial charge < -0.3 is 26.2 Å². The number of hydrogen-bond acceptors (Lipinski definition) is 6. The summed E-state index contributed by atoms with van der Waals surface area (Å²) in [6.45, 7) is -0.772. The summed E-state index contributed by atoms with van der Waals surface area (Å²) in [5, 5.41) is 28.3. The summed E-state index contributed by atoms with van der Waals surface area (Å²) in [6, 6.07) is 13.0. The number of benzene rings is 2. The van der Waals surface area contributed by atoms with E-state index in [0.717, 1.165) is 11.1 Å². The lowest BCUT2D eigenvalue weighted by atomic mass is 9.90. The third-order valence-electron chi connectivity index (χ3n) is 6.22. The van der Waals surface area contributed by atoms with Crippen LogP contribution < -0.4 is 16.0 Å². The predicted molar refractivity (Wildman–Crippen MR) is 118 cm³/mol.